The van der Waals surface area contributed by atoms with Crippen LogP contribution in [0.3, 0.4) is 0 Å². The Balaban J connectivity index is 2.01. The molecule has 0 amide bonds. The summed E-state index contributed by atoms with van der Waals surface area (Å²) in [6.07, 6.45) is -0.823. The number of aromatic nitrogens is 1. The molecule has 0 saturated heterocycles. The lowest BCUT2D eigenvalue weighted by Gasteiger charge is -2.09. The van der Waals surface area contributed by atoms with Crippen molar-refractivity contribution in [3.8, 4) is 5.75 Å². The van der Waals surface area contributed by atoms with Crippen molar-refractivity contribution in [1.82, 2.24) is 4.98 Å². The second-order valence-electron chi connectivity index (χ2n) is 4.98. The number of rotatable bonds is 5. The molecule has 1 aromatic heterocycles. The monoisotopic (exact) mass is 295 g/mol. The molecule has 3 nitrogen and oxygen atoms in total. The van der Waals surface area contributed by atoms with Crippen molar-refractivity contribution in [2.75, 3.05) is 0 Å². The minimum Gasteiger partial charge on any atom is -0.487 e. The van der Waals surface area contributed by atoms with Gasteiger partial charge >= 0.3 is 0 Å². The average molecular weight is 295 g/mol. The Bertz CT molecular complexity index is 581. The molecule has 2 aromatic rings. The highest BCUT2D eigenvalue weighted by molar-refractivity contribution is 7.09. The number of hydrogen-bond acceptors (Lipinski definition) is 4. The minimum atomic E-state index is -0.823. The highest BCUT2D eigenvalue weighted by Crippen LogP contribution is 2.23. The molecule has 0 bridgehead atoms. The molecule has 0 radical (unpaired) electrons. The van der Waals surface area contributed by atoms with Crippen LogP contribution in [0.4, 0.5) is 4.39 Å². The fraction of sp³-hybridized carbons (Fsp3) is 0.400. The summed E-state index contributed by atoms with van der Waals surface area (Å²) in [5.74, 6) is 0.376. The zero-order valence-electron chi connectivity index (χ0n) is 11.8. The second-order valence-corrected chi connectivity index (χ2v) is 5.87. The largest absolute Gasteiger partial charge is 0.487 e. The third kappa shape index (κ3) is 3.55. The third-order valence-corrected chi connectivity index (χ3v) is 4.07. The fourth-order valence-electron chi connectivity index (χ4n) is 1.75. The summed E-state index contributed by atoms with van der Waals surface area (Å²) in [6.45, 7) is 6.03. The highest BCUT2D eigenvalue weighted by atomic mass is 32.1. The first-order valence-electron chi connectivity index (χ1n) is 6.52. The van der Waals surface area contributed by atoms with Gasteiger partial charge in [0, 0.05) is 22.9 Å². The zero-order chi connectivity index (χ0) is 14.7. The summed E-state index contributed by atoms with van der Waals surface area (Å²) in [7, 11) is 0. The molecule has 1 heterocycles. The number of thiazole rings is 1. The van der Waals surface area contributed by atoms with E-state index in [1.807, 2.05) is 5.38 Å². The Morgan fingerprint density at radius 3 is 2.65 bits per heavy atom. The van der Waals surface area contributed by atoms with Crippen molar-refractivity contribution in [3.05, 3.63) is 45.7 Å². The summed E-state index contributed by atoms with van der Waals surface area (Å²) >= 11 is 1.60. The maximum Gasteiger partial charge on any atom is 0.132 e. The van der Waals surface area contributed by atoms with Crippen LogP contribution in [0.25, 0.3) is 0 Å². The molecular formula is C15H18FNO2S. The lowest BCUT2D eigenvalue weighted by Crippen LogP contribution is -2.00. The van der Waals surface area contributed by atoms with Crippen LogP contribution < -0.4 is 4.74 Å². The van der Waals surface area contributed by atoms with Crippen molar-refractivity contribution < 1.29 is 14.2 Å². The van der Waals surface area contributed by atoms with Crippen molar-refractivity contribution in [3.63, 3.8) is 0 Å². The van der Waals surface area contributed by atoms with Gasteiger partial charge in [-0.05, 0) is 19.1 Å². The molecule has 0 aliphatic carbocycles. The van der Waals surface area contributed by atoms with Crippen molar-refractivity contribution >= 4 is 11.3 Å². The Labute approximate surface area is 122 Å². The molecule has 2 rings (SSSR count). The van der Waals surface area contributed by atoms with Gasteiger partial charge in [-0.25, -0.2) is 9.37 Å². The molecule has 5 heteroatoms. The number of halogens is 1. The number of hydrogen-bond donors (Lipinski definition) is 1. The number of nitrogens with zero attached hydrogens (tertiary/aromatic N) is 1. The predicted octanol–water partition coefficient (Wildman–Crippen LogP) is 4.04. The molecule has 1 aromatic carbocycles. The SMILES string of the molecule is CC(C)c1nc(COc2ccc([C@@H](C)O)c(F)c2)cs1. The van der Waals surface area contributed by atoms with Crippen LogP contribution in [0.2, 0.25) is 0 Å². The van der Waals surface area contributed by atoms with Crippen LogP contribution in [0.1, 0.15) is 49.1 Å². The van der Waals surface area contributed by atoms with Gasteiger partial charge in [-0.1, -0.05) is 13.8 Å². The first kappa shape index (κ1) is 14.9. The molecular weight excluding hydrogens is 277 g/mol. The number of ether oxygens (including phenoxy) is 1. The number of aliphatic hydroxyl groups excluding tert-OH is 1. The van der Waals surface area contributed by atoms with E-state index in [1.165, 1.54) is 19.1 Å². The standard InChI is InChI=1S/C15H18FNO2S/c1-9(2)15-17-11(8-20-15)7-19-12-4-5-13(10(3)18)14(16)6-12/h4-6,8-10,18H,7H2,1-3H3/t10-/m1/s1. The van der Waals surface area contributed by atoms with Crippen LogP contribution in [0, 0.1) is 5.82 Å². The van der Waals surface area contributed by atoms with Crippen LogP contribution in [-0.4, -0.2) is 10.1 Å². The molecule has 0 spiro atoms. The van der Waals surface area contributed by atoms with Gasteiger partial charge in [0.2, 0.25) is 0 Å². The van der Waals surface area contributed by atoms with E-state index in [9.17, 15) is 9.50 Å². The molecule has 0 unspecified atom stereocenters. The molecule has 0 fully saturated rings. The highest BCUT2D eigenvalue weighted by Gasteiger charge is 2.10. The average Bonchev–Trinajstić information content (AvgIpc) is 2.85. The van der Waals surface area contributed by atoms with Gasteiger partial charge in [-0.3, -0.25) is 0 Å². The van der Waals surface area contributed by atoms with E-state index in [2.05, 4.69) is 18.8 Å². The summed E-state index contributed by atoms with van der Waals surface area (Å²) < 4.78 is 19.2. The Hall–Kier alpha value is -1.46. The molecule has 0 aliphatic heterocycles. The van der Waals surface area contributed by atoms with E-state index in [-0.39, 0.29) is 5.56 Å². The second kappa shape index (κ2) is 6.33. The Morgan fingerprint density at radius 1 is 1.35 bits per heavy atom. The molecule has 0 saturated carbocycles. The van der Waals surface area contributed by atoms with E-state index in [4.69, 9.17) is 4.74 Å². The van der Waals surface area contributed by atoms with E-state index in [1.54, 1.807) is 17.4 Å². The Kier molecular flexibility index (Phi) is 4.73. The van der Waals surface area contributed by atoms with Crippen LogP contribution in [0.5, 0.6) is 5.75 Å². The van der Waals surface area contributed by atoms with Crippen LogP contribution in [-0.2, 0) is 6.61 Å². The smallest absolute Gasteiger partial charge is 0.132 e. The first-order valence-corrected chi connectivity index (χ1v) is 7.40. The molecule has 1 atom stereocenters. The van der Waals surface area contributed by atoms with E-state index in [0.29, 0.717) is 18.3 Å². The van der Waals surface area contributed by atoms with Gasteiger partial charge in [0.1, 0.15) is 18.2 Å². The van der Waals surface area contributed by atoms with Crippen molar-refractivity contribution in [2.45, 2.75) is 39.4 Å². The molecule has 20 heavy (non-hydrogen) atoms. The van der Waals surface area contributed by atoms with Crippen molar-refractivity contribution in [1.29, 1.82) is 0 Å². The summed E-state index contributed by atoms with van der Waals surface area (Å²) in [5.41, 5.74) is 1.12. The zero-order valence-corrected chi connectivity index (χ0v) is 12.6. The fourth-order valence-corrected chi connectivity index (χ4v) is 2.57. The summed E-state index contributed by atoms with van der Waals surface area (Å²) in [6, 6.07) is 4.48. The van der Waals surface area contributed by atoms with Crippen molar-refractivity contribution in [2.24, 2.45) is 0 Å². The first-order chi connectivity index (χ1) is 9.47. The normalized spacial score (nSPS) is 12.7. The summed E-state index contributed by atoms with van der Waals surface area (Å²) in [4.78, 5) is 4.45. The van der Waals surface area contributed by atoms with Gasteiger partial charge in [0.15, 0.2) is 0 Å². The van der Waals surface area contributed by atoms with Gasteiger partial charge in [0.05, 0.1) is 16.8 Å². The van der Waals surface area contributed by atoms with Gasteiger partial charge in [0.25, 0.3) is 0 Å². The number of aliphatic hydroxyl groups is 1. The van der Waals surface area contributed by atoms with Gasteiger partial charge in [-0.2, -0.15) is 0 Å². The Morgan fingerprint density at radius 2 is 2.10 bits per heavy atom. The number of benzene rings is 1. The minimum absolute atomic E-state index is 0.271. The predicted molar refractivity (Wildman–Crippen MR) is 77.6 cm³/mol. The topological polar surface area (TPSA) is 42.4 Å². The quantitative estimate of drug-likeness (QED) is 0.905. The van der Waals surface area contributed by atoms with Crippen LogP contribution >= 0.6 is 11.3 Å². The van der Waals surface area contributed by atoms with E-state index >= 15 is 0 Å². The van der Waals surface area contributed by atoms with E-state index in [0.717, 1.165) is 10.7 Å². The van der Waals surface area contributed by atoms with Crippen LogP contribution in [0.15, 0.2) is 23.6 Å². The lowest BCUT2D eigenvalue weighted by molar-refractivity contribution is 0.193. The lowest BCUT2D eigenvalue weighted by atomic mass is 10.1. The molecule has 0 aliphatic rings. The maximum absolute atomic E-state index is 13.7. The van der Waals surface area contributed by atoms with Gasteiger partial charge in [-0.15, -0.1) is 11.3 Å². The molecule has 108 valence electrons. The van der Waals surface area contributed by atoms with E-state index < -0.39 is 11.9 Å². The maximum atomic E-state index is 13.7. The van der Waals surface area contributed by atoms with Gasteiger partial charge < -0.3 is 9.84 Å². The third-order valence-electron chi connectivity index (χ3n) is 2.87. The molecule has 1 N–H and O–H groups in total. The summed E-state index contributed by atoms with van der Waals surface area (Å²) in [5, 5.41) is 12.4.